The average molecular weight is 366 g/mol. The van der Waals surface area contributed by atoms with Crippen molar-refractivity contribution in [1.82, 2.24) is 5.32 Å². The minimum atomic E-state index is -0.754. The average Bonchev–Trinajstić information content (AvgIpc) is 2.55. The molecule has 0 aliphatic heterocycles. The lowest BCUT2D eigenvalue weighted by Crippen LogP contribution is -2.41. The molecule has 25 heavy (non-hydrogen) atoms. The zero-order valence-electron chi connectivity index (χ0n) is 14.4. The van der Waals surface area contributed by atoms with Crippen LogP contribution in [0, 0.1) is 5.82 Å². The molecule has 0 fully saturated rings. The van der Waals surface area contributed by atoms with Crippen molar-refractivity contribution in [2.45, 2.75) is 19.4 Å². The Hall–Kier alpha value is -2.11. The van der Waals surface area contributed by atoms with E-state index in [1.54, 1.807) is 37.4 Å². The van der Waals surface area contributed by atoms with Gasteiger partial charge in [-0.15, -0.1) is 0 Å². The molecular weight excluding hydrogens is 345 g/mol. The van der Waals surface area contributed by atoms with E-state index >= 15 is 0 Å². The van der Waals surface area contributed by atoms with Crippen molar-refractivity contribution in [3.05, 3.63) is 64.4 Å². The van der Waals surface area contributed by atoms with E-state index in [2.05, 4.69) is 5.32 Å². The number of ether oxygens (including phenoxy) is 2. The third-order valence-corrected chi connectivity index (χ3v) is 4.02. The van der Waals surface area contributed by atoms with E-state index in [1.807, 2.05) is 13.8 Å². The highest BCUT2D eigenvalue weighted by atomic mass is 35.5. The van der Waals surface area contributed by atoms with E-state index in [-0.39, 0.29) is 10.9 Å². The smallest absolute Gasteiger partial charge is 0.251 e. The Morgan fingerprint density at radius 1 is 1.16 bits per heavy atom. The van der Waals surface area contributed by atoms with Crippen LogP contribution in [-0.4, -0.2) is 26.2 Å². The molecule has 1 amide bonds. The topological polar surface area (TPSA) is 47.6 Å². The van der Waals surface area contributed by atoms with Gasteiger partial charge in [-0.1, -0.05) is 17.7 Å². The molecule has 0 unspecified atom stereocenters. The Bertz CT molecular complexity index is 732. The zero-order chi connectivity index (χ0) is 18.4. The highest BCUT2D eigenvalue weighted by Gasteiger charge is 2.26. The maximum absolute atomic E-state index is 13.2. The predicted octanol–water partition coefficient (Wildman–Crippen LogP) is 4.17. The Balaban J connectivity index is 2.07. The molecule has 4 nitrogen and oxygen atoms in total. The third kappa shape index (κ3) is 5.18. The number of rotatable bonds is 7. The monoisotopic (exact) mass is 365 g/mol. The second-order valence-electron chi connectivity index (χ2n) is 6.07. The number of nitrogens with one attached hydrogen (secondary N) is 1. The van der Waals surface area contributed by atoms with Gasteiger partial charge in [-0.25, -0.2) is 4.39 Å². The van der Waals surface area contributed by atoms with Gasteiger partial charge in [0.1, 0.15) is 18.2 Å². The quantitative estimate of drug-likeness (QED) is 0.749. The van der Waals surface area contributed by atoms with Gasteiger partial charge >= 0.3 is 0 Å². The largest absolute Gasteiger partial charge is 0.491 e. The van der Waals surface area contributed by atoms with E-state index in [0.29, 0.717) is 30.1 Å². The summed E-state index contributed by atoms with van der Waals surface area (Å²) in [5.74, 6) is -0.0109. The van der Waals surface area contributed by atoms with Crippen LogP contribution in [0.2, 0.25) is 5.02 Å². The number of carbonyl (C=O) groups excluding carboxylic acids is 1. The molecule has 2 aromatic carbocycles. The Labute approximate surface area is 151 Å². The van der Waals surface area contributed by atoms with Crippen molar-refractivity contribution < 1.29 is 18.7 Å². The van der Waals surface area contributed by atoms with Crippen LogP contribution in [0.15, 0.2) is 42.5 Å². The number of benzene rings is 2. The molecule has 0 aromatic heterocycles. The maximum Gasteiger partial charge on any atom is 0.251 e. The number of methoxy groups -OCH3 is 1. The summed E-state index contributed by atoms with van der Waals surface area (Å²) in [6, 6.07) is 10.9. The summed E-state index contributed by atoms with van der Waals surface area (Å²) in [4.78, 5) is 12.5. The molecular formula is C19H21ClFNO3. The molecule has 0 saturated heterocycles. The molecule has 0 saturated carbocycles. The lowest BCUT2D eigenvalue weighted by atomic mass is 9.93. The van der Waals surface area contributed by atoms with Gasteiger partial charge in [0.05, 0.1) is 12.1 Å². The molecule has 134 valence electrons. The van der Waals surface area contributed by atoms with Gasteiger partial charge in [-0.3, -0.25) is 4.79 Å². The molecule has 6 heteroatoms. The fraction of sp³-hybridized carbons (Fsp3) is 0.316. The first-order valence-corrected chi connectivity index (χ1v) is 8.21. The summed E-state index contributed by atoms with van der Waals surface area (Å²) >= 11 is 6.11. The fourth-order valence-corrected chi connectivity index (χ4v) is 2.77. The summed E-state index contributed by atoms with van der Waals surface area (Å²) in [6.45, 7) is 4.56. The number of carbonyl (C=O) groups is 1. The summed E-state index contributed by atoms with van der Waals surface area (Å²) in [6.07, 6.45) is 0. The van der Waals surface area contributed by atoms with E-state index in [1.165, 1.54) is 12.1 Å². The van der Waals surface area contributed by atoms with Crippen molar-refractivity contribution in [3.8, 4) is 5.75 Å². The second-order valence-corrected chi connectivity index (χ2v) is 6.48. The molecule has 0 atom stereocenters. The van der Waals surface area contributed by atoms with Crippen LogP contribution in [0.5, 0.6) is 5.75 Å². The van der Waals surface area contributed by atoms with Crippen molar-refractivity contribution in [1.29, 1.82) is 0 Å². The first-order chi connectivity index (χ1) is 11.8. The normalized spacial score (nSPS) is 11.2. The van der Waals surface area contributed by atoms with Gasteiger partial charge in [0.15, 0.2) is 0 Å². The van der Waals surface area contributed by atoms with E-state index < -0.39 is 11.4 Å². The third-order valence-electron chi connectivity index (χ3n) is 3.70. The predicted molar refractivity (Wildman–Crippen MR) is 95.7 cm³/mol. The van der Waals surface area contributed by atoms with Gasteiger partial charge in [0.2, 0.25) is 0 Å². The molecule has 2 rings (SSSR count). The van der Waals surface area contributed by atoms with E-state index in [4.69, 9.17) is 21.1 Å². The number of amides is 1. The molecule has 0 bridgehead atoms. The van der Waals surface area contributed by atoms with Gasteiger partial charge in [0.25, 0.3) is 5.91 Å². The van der Waals surface area contributed by atoms with Crippen LogP contribution in [0.4, 0.5) is 4.39 Å². The Kier molecular flexibility index (Phi) is 6.39. The molecule has 0 heterocycles. The summed E-state index contributed by atoms with van der Waals surface area (Å²) in [5, 5.41) is 3.18. The van der Waals surface area contributed by atoms with Gasteiger partial charge in [-0.2, -0.15) is 0 Å². The van der Waals surface area contributed by atoms with Crippen LogP contribution >= 0.6 is 11.6 Å². The molecule has 1 N–H and O–H groups in total. The number of hydrogen-bond donors (Lipinski definition) is 1. The maximum atomic E-state index is 13.2. The van der Waals surface area contributed by atoms with Crippen molar-refractivity contribution >= 4 is 17.5 Å². The second kappa shape index (κ2) is 8.32. The lowest BCUT2D eigenvalue weighted by Gasteiger charge is -2.28. The van der Waals surface area contributed by atoms with Gasteiger partial charge < -0.3 is 14.8 Å². The van der Waals surface area contributed by atoms with Crippen LogP contribution in [0.3, 0.4) is 0 Å². The summed E-state index contributed by atoms with van der Waals surface area (Å²) < 4.78 is 23.6. The van der Waals surface area contributed by atoms with Crippen LogP contribution in [0.1, 0.15) is 29.8 Å². The minimum Gasteiger partial charge on any atom is -0.491 e. The van der Waals surface area contributed by atoms with Crippen LogP contribution in [0.25, 0.3) is 0 Å². The van der Waals surface area contributed by atoms with E-state index in [9.17, 15) is 9.18 Å². The molecule has 2 aromatic rings. The summed E-state index contributed by atoms with van der Waals surface area (Å²) in [7, 11) is 1.60. The molecule has 0 spiro atoms. The molecule has 0 radical (unpaired) electrons. The number of hydrogen-bond acceptors (Lipinski definition) is 3. The highest BCUT2D eigenvalue weighted by Crippen LogP contribution is 2.28. The van der Waals surface area contributed by atoms with Gasteiger partial charge in [-0.05, 0) is 55.8 Å². The lowest BCUT2D eigenvalue weighted by molar-refractivity contribution is 0.0912. The van der Waals surface area contributed by atoms with E-state index in [0.717, 1.165) is 0 Å². The number of halogens is 2. The van der Waals surface area contributed by atoms with Crippen molar-refractivity contribution in [2.24, 2.45) is 0 Å². The fourth-order valence-electron chi connectivity index (χ4n) is 2.37. The molecule has 0 aliphatic rings. The minimum absolute atomic E-state index is 0.256. The van der Waals surface area contributed by atoms with Crippen molar-refractivity contribution in [3.63, 3.8) is 0 Å². The summed E-state index contributed by atoms with van der Waals surface area (Å²) in [5.41, 5.74) is 0.379. The first kappa shape index (κ1) is 19.2. The Morgan fingerprint density at radius 3 is 2.44 bits per heavy atom. The van der Waals surface area contributed by atoms with Crippen molar-refractivity contribution in [2.75, 3.05) is 20.3 Å². The zero-order valence-corrected chi connectivity index (χ0v) is 15.2. The standard InChI is InChI=1S/C19H21ClFNO3/c1-19(2,16-9-6-14(21)12-17(16)20)22-18(23)13-4-7-15(8-5-13)25-11-10-24-3/h4-9,12H,10-11H2,1-3H3,(H,22,23). The SMILES string of the molecule is COCCOc1ccc(C(=O)NC(C)(C)c2ccc(F)cc2Cl)cc1. The first-order valence-electron chi connectivity index (χ1n) is 7.83. The van der Waals surface area contributed by atoms with Crippen LogP contribution < -0.4 is 10.1 Å². The van der Waals surface area contributed by atoms with Gasteiger partial charge in [0, 0.05) is 17.7 Å². The van der Waals surface area contributed by atoms with Crippen LogP contribution in [-0.2, 0) is 10.3 Å². The highest BCUT2D eigenvalue weighted by molar-refractivity contribution is 6.31. The molecule has 0 aliphatic carbocycles. The Morgan fingerprint density at radius 2 is 1.84 bits per heavy atom.